The molecule has 0 aliphatic rings. The number of hydrogen-bond acceptors (Lipinski definition) is 7. The van der Waals surface area contributed by atoms with Crippen molar-refractivity contribution in [3.05, 3.63) is 58.1 Å². The van der Waals surface area contributed by atoms with Crippen LogP contribution in [0, 0.1) is 17.0 Å². The summed E-state index contributed by atoms with van der Waals surface area (Å²) in [4.78, 5) is 22.9. The van der Waals surface area contributed by atoms with Crippen LogP contribution in [0.4, 0.5) is 39.0 Å². The molecule has 0 atom stereocenters. The molecule has 2 aromatic rings. The average Bonchev–Trinajstić information content (AvgIpc) is 2.80. The zero-order valence-electron chi connectivity index (χ0n) is 20.0. The number of alkyl halides is 5. The van der Waals surface area contributed by atoms with Crippen molar-refractivity contribution in [2.75, 3.05) is 37.4 Å². The number of nitrogens with zero attached hydrogens (tertiary/aromatic N) is 2. The van der Waals surface area contributed by atoms with Gasteiger partial charge in [-0.2, -0.15) is 22.0 Å². The number of anilines is 2. The Balaban J connectivity index is 0.000000537. The number of nitro groups is 1. The monoisotopic (exact) mass is 521 g/mol. The van der Waals surface area contributed by atoms with Crippen molar-refractivity contribution in [2.45, 2.75) is 38.8 Å². The van der Waals surface area contributed by atoms with E-state index in [1.807, 2.05) is 30.9 Å². The molecule has 2 rings (SSSR count). The van der Waals surface area contributed by atoms with Crippen molar-refractivity contribution in [1.82, 2.24) is 0 Å². The lowest BCUT2D eigenvalue weighted by Gasteiger charge is -2.25. The predicted molar refractivity (Wildman–Crippen MR) is 124 cm³/mol. The average molecular weight is 521 g/mol. The maximum atomic E-state index is 12.8. The summed E-state index contributed by atoms with van der Waals surface area (Å²) >= 11 is 0. The first-order chi connectivity index (χ1) is 16.7. The summed E-state index contributed by atoms with van der Waals surface area (Å²) in [5.74, 6) is -5.38. The number of methoxy groups -OCH3 is 1. The van der Waals surface area contributed by atoms with Gasteiger partial charge < -0.3 is 20.1 Å². The first kappa shape index (κ1) is 30.4. The minimum absolute atomic E-state index is 0.0641. The Bertz CT molecular complexity index is 1000. The minimum atomic E-state index is -5.67. The third-order valence-corrected chi connectivity index (χ3v) is 4.84. The highest BCUT2D eigenvalue weighted by Crippen LogP contribution is 2.38. The standard InChI is InChI=1S/C17H22F5NO3.C6H6N2O2/c1-4-23(13-11-12(2)5-6-14(13)25-3)9-10-26-15(24)7-8-16(18,19)17(20,21)22;7-5-1-3-6(4-2-5)8(9)10/h5-6,11H,4,7-10H2,1-3H3;1-4H,7H2. The number of nitro benzene ring substituents is 1. The number of halogens is 5. The SMILES string of the molecule is CCN(CCOC(=O)CCC(F)(F)C(F)(F)F)c1cc(C)ccc1OC.Nc1ccc([N+](=O)[O-])cc1. The number of rotatable bonds is 10. The fraction of sp³-hybridized carbons (Fsp3) is 0.435. The van der Waals surface area contributed by atoms with E-state index in [1.165, 1.54) is 31.4 Å². The highest BCUT2D eigenvalue weighted by Gasteiger charge is 2.56. The number of carbonyl (C=O) groups excluding carboxylic acids is 1. The Hall–Kier alpha value is -3.64. The number of ether oxygens (including phenoxy) is 2. The summed E-state index contributed by atoms with van der Waals surface area (Å²) in [5, 5.41) is 10.1. The van der Waals surface area contributed by atoms with Gasteiger partial charge in [-0.25, -0.2) is 0 Å². The molecule has 200 valence electrons. The third-order valence-electron chi connectivity index (χ3n) is 4.84. The lowest BCUT2D eigenvalue weighted by Crippen LogP contribution is -2.37. The first-order valence-corrected chi connectivity index (χ1v) is 10.7. The van der Waals surface area contributed by atoms with Crippen molar-refractivity contribution in [1.29, 1.82) is 0 Å². The number of aryl methyl sites for hydroxylation is 1. The highest BCUT2D eigenvalue weighted by atomic mass is 19.4. The summed E-state index contributed by atoms with van der Waals surface area (Å²) < 4.78 is 71.8. The van der Waals surface area contributed by atoms with Gasteiger partial charge in [0, 0.05) is 30.8 Å². The second-order valence-corrected chi connectivity index (χ2v) is 7.53. The molecule has 2 aromatic carbocycles. The topological polar surface area (TPSA) is 108 Å². The summed E-state index contributed by atoms with van der Waals surface area (Å²) in [6.45, 7) is 4.44. The zero-order valence-corrected chi connectivity index (χ0v) is 20.0. The van der Waals surface area contributed by atoms with Crippen LogP contribution in [0.1, 0.15) is 25.3 Å². The van der Waals surface area contributed by atoms with E-state index in [0.717, 1.165) is 11.3 Å². The van der Waals surface area contributed by atoms with Crippen LogP contribution >= 0.6 is 0 Å². The number of likely N-dealkylation sites (N-methyl/N-ethyl adjacent to an activating group) is 1. The van der Waals surface area contributed by atoms with Crippen LogP contribution in [0.3, 0.4) is 0 Å². The van der Waals surface area contributed by atoms with Gasteiger partial charge in [0.25, 0.3) is 5.69 Å². The van der Waals surface area contributed by atoms with E-state index in [0.29, 0.717) is 18.0 Å². The van der Waals surface area contributed by atoms with E-state index in [-0.39, 0.29) is 18.8 Å². The summed E-state index contributed by atoms with van der Waals surface area (Å²) in [6, 6.07) is 11.3. The lowest BCUT2D eigenvalue weighted by molar-refractivity contribution is -0.384. The van der Waals surface area contributed by atoms with Crippen LogP contribution in [0.2, 0.25) is 0 Å². The summed E-state index contributed by atoms with van der Waals surface area (Å²) in [6.07, 6.45) is -8.31. The van der Waals surface area contributed by atoms with E-state index in [4.69, 9.17) is 15.2 Å². The van der Waals surface area contributed by atoms with Gasteiger partial charge in [-0.15, -0.1) is 0 Å². The van der Waals surface area contributed by atoms with Crippen LogP contribution in [-0.2, 0) is 9.53 Å². The van der Waals surface area contributed by atoms with E-state index in [2.05, 4.69) is 0 Å². The first-order valence-electron chi connectivity index (χ1n) is 10.7. The number of hydrogen-bond donors (Lipinski definition) is 1. The Morgan fingerprint density at radius 1 is 1.11 bits per heavy atom. The molecular weight excluding hydrogens is 493 g/mol. The van der Waals surface area contributed by atoms with E-state index in [9.17, 15) is 36.9 Å². The number of nitrogens with two attached hydrogens (primary N) is 1. The van der Waals surface area contributed by atoms with Gasteiger partial charge in [0.2, 0.25) is 0 Å². The molecule has 0 bridgehead atoms. The molecule has 0 aliphatic heterocycles. The Morgan fingerprint density at radius 3 is 2.22 bits per heavy atom. The van der Waals surface area contributed by atoms with Crippen molar-refractivity contribution in [3.8, 4) is 5.75 Å². The van der Waals surface area contributed by atoms with E-state index >= 15 is 0 Å². The third kappa shape index (κ3) is 9.55. The molecule has 0 heterocycles. The highest BCUT2D eigenvalue weighted by molar-refractivity contribution is 5.69. The molecule has 2 N–H and O–H groups in total. The largest absolute Gasteiger partial charge is 0.495 e. The quantitative estimate of drug-likeness (QED) is 0.144. The summed E-state index contributed by atoms with van der Waals surface area (Å²) in [5.41, 5.74) is 7.67. The van der Waals surface area contributed by atoms with Gasteiger partial charge >= 0.3 is 18.1 Å². The molecule has 0 aliphatic carbocycles. The van der Waals surface area contributed by atoms with Gasteiger partial charge in [-0.05, 0) is 43.7 Å². The number of carbonyl (C=O) groups is 1. The van der Waals surface area contributed by atoms with Crippen LogP contribution in [0.5, 0.6) is 5.75 Å². The van der Waals surface area contributed by atoms with Crippen molar-refractivity contribution >= 4 is 23.0 Å². The van der Waals surface area contributed by atoms with Crippen LogP contribution in [0.25, 0.3) is 0 Å². The fourth-order valence-electron chi connectivity index (χ4n) is 2.83. The number of non-ortho nitro benzene ring substituents is 1. The normalized spacial score (nSPS) is 11.2. The van der Waals surface area contributed by atoms with Crippen LogP contribution in [-0.4, -0.2) is 49.8 Å². The molecule has 8 nitrogen and oxygen atoms in total. The van der Waals surface area contributed by atoms with Crippen LogP contribution in [0.15, 0.2) is 42.5 Å². The molecular formula is C23H28F5N3O5. The number of nitrogen functional groups attached to an aromatic ring is 1. The molecule has 0 aromatic heterocycles. The van der Waals surface area contributed by atoms with Gasteiger partial charge in [0.05, 0.1) is 30.7 Å². The van der Waals surface area contributed by atoms with Gasteiger partial charge in [-0.3, -0.25) is 14.9 Å². The summed E-state index contributed by atoms with van der Waals surface area (Å²) in [7, 11) is 1.52. The molecule has 0 radical (unpaired) electrons. The second-order valence-electron chi connectivity index (χ2n) is 7.53. The molecule has 0 spiro atoms. The van der Waals surface area contributed by atoms with Crippen LogP contribution < -0.4 is 15.4 Å². The maximum Gasteiger partial charge on any atom is 0.453 e. The maximum absolute atomic E-state index is 12.8. The zero-order chi connectivity index (χ0) is 27.5. The Labute approximate surface area is 204 Å². The molecule has 13 heteroatoms. The Morgan fingerprint density at radius 2 is 1.72 bits per heavy atom. The van der Waals surface area contributed by atoms with E-state index < -0.39 is 35.8 Å². The predicted octanol–water partition coefficient (Wildman–Crippen LogP) is 5.53. The van der Waals surface area contributed by atoms with Gasteiger partial charge in [-0.1, -0.05) is 6.07 Å². The molecule has 0 unspecified atom stereocenters. The van der Waals surface area contributed by atoms with E-state index in [1.54, 1.807) is 6.07 Å². The number of benzene rings is 2. The molecule has 0 saturated heterocycles. The van der Waals surface area contributed by atoms with Crippen molar-refractivity contribution in [2.24, 2.45) is 0 Å². The number of esters is 1. The lowest BCUT2D eigenvalue weighted by atomic mass is 10.2. The molecule has 0 amide bonds. The van der Waals surface area contributed by atoms with Gasteiger partial charge in [0.1, 0.15) is 12.4 Å². The smallest absolute Gasteiger partial charge is 0.453 e. The van der Waals surface area contributed by atoms with Crippen molar-refractivity contribution < 1.29 is 41.1 Å². The van der Waals surface area contributed by atoms with Crippen molar-refractivity contribution in [3.63, 3.8) is 0 Å². The Kier molecular flexibility index (Phi) is 11.4. The molecule has 36 heavy (non-hydrogen) atoms. The second kappa shape index (κ2) is 13.4. The molecule has 0 fully saturated rings. The fourth-order valence-corrected chi connectivity index (χ4v) is 2.83. The minimum Gasteiger partial charge on any atom is -0.495 e. The van der Waals surface area contributed by atoms with Gasteiger partial charge in [0.15, 0.2) is 0 Å². The molecule has 0 saturated carbocycles.